The molecule has 1 saturated heterocycles. The largest absolute Gasteiger partial charge is 0.493 e. The quantitative estimate of drug-likeness (QED) is 0.844. The first kappa shape index (κ1) is 10.9. The number of hydrogen-bond acceptors (Lipinski definition) is 2. The van der Waals surface area contributed by atoms with E-state index >= 15 is 0 Å². The molecular weight excluding hydrogens is 263 g/mol. The van der Waals surface area contributed by atoms with E-state index in [-0.39, 0.29) is 5.82 Å². The number of halogens is 2. The summed E-state index contributed by atoms with van der Waals surface area (Å²) in [5.74, 6) is 0.711. The fourth-order valence-electron chi connectivity index (χ4n) is 1.54. The second-order valence-electron chi connectivity index (χ2n) is 3.65. The van der Waals surface area contributed by atoms with Crippen LogP contribution in [-0.2, 0) is 4.74 Å². The van der Waals surface area contributed by atoms with E-state index in [1.165, 1.54) is 12.1 Å². The lowest BCUT2D eigenvalue weighted by molar-refractivity contribution is 0.167. The van der Waals surface area contributed by atoms with Gasteiger partial charge in [-0.3, -0.25) is 0 Å². The molecule has 0 amide bonds. The molecule has 1 aliphatic rings. The molecule has 1 fully saturated rings. The molecule has 15 heavy (non-hydrogen) atoms. The van der Waals surface area contributed by atoms with Gasteiger partial charge in [-0.05, 0) is 18.6 Å². The summed E-state index contributed by atoms with van der Waals surface area (Å²) in [4.78, 5) is 0. The molecule has 82 valence electrons. The molecule has 2 rings (SSSR count). The van der Waals surface area contributed by atoms with E-state index in [4.69, 9.17) is 9.47 Å². The van der Waals surface area contributed by atoms with Crippen molar-refractivity contribution in [1.29, 1.82) is 0 Å². The molecule has 0 aromatic heterocycles. The van der Waals surface area contributed by atoms with Crippen LogP contribution in [0, 0.1) is 11.7 Å². The van der Waals surface area contributed by atoms with Crippen LogP contribution >= 0.6 is 15.9 Å². The van der Waals surface area contributed by atoms with Crippen molar-refractivity contribution in [1.82, 2.24) is 0 Å². The Balaban J connectivity index is 1.92. The first-order valence-corrected chi connectivity index (χ1v) is 5.70. The van der Waals surface area contributed by atoms with E-state index in [9.17, 15) is 4.39 Å². The van der Waals surface area contributed by atoms with Crippen LogP contribution in [0.25, 0.3) is 0 Å². The van der Waals surface area contributed by atoms with Gasteiger partial charge in [0.25, 0.3) is 0 Å². The molecule has 1 atom stereocenters. The van der Waals surface area contributed by atoms with Gasteiger partial charge in [0.15, 0.2) is 0 Å². The molecule has 0 radical (unpaired) electrons. The minimum absolute atomic E-state index is 0.290. The molecule has 1 aromatic rings. The van der Waals surface area contributed by atoms with Gasteiger partial charge in [-0.25, -0.2) is 4.39 Å². The maximum Gasteiger partial charge on any atom is 0.128 e. The fourth-order valence-corrected chi connectivity index (χ4v) is 1.99. The monoisotopic (exact) mass is 274 g/mol. The number of rotatable bonds is 3. The molecule has 0 N–H and O–H groups in total. The van der Waals surface area contributed by atoms with Gasteiger partial charge in [-0.1, -0.05) is 15.9 Å². The summed E-state index contributed by atoms with van der Waals surface area (Å²) in [6, 6.07) is 4.56. The predicted molar refractivity (Wildman–Crippen MR) is 58.5 cm³/mol. The third kappa shape index (κ3) is 3.18. The predicted octanol–water partition coefficient (Wildman–Crippen LogP) is 3.00. The van der Waals surface area contributed by atoms with Crippen LogP contribution < -0.4 is 4.74 Å². The highest BCUT2D eigenvalue weighted by molar-refractivity contribution is 9.10. The standard InChI is InChI=1S/C11H12BrFO2/c12-9-3-10(13)5-11(4-9)15-7-8-1-2-14-6-8/h3-5,8H,1-2,6-7H2. The Kier molecular flexibility index (Phi) is 3.59. The molecule has 4 heteroatoms. The van der Waals surface area contributed by atoms with E-state index in [2.05, 4.69) is 15.9 Å². The molecule has 2 nitrogen and oxygen atoms in total. The normalized spacial score (nSPS) is 20.5. The SMILES string of the molecule is Fc1cc(Br)cc(OCC2CCOC2)c1. The lowest BCUT2D eigenvalue weighted by Gasteiger charge is -2.10. The minimum Gasteiger partial charge on any atom is -0.493 e. The Bertz CT molecular complexity index is 317. The Morgan fingerprint density at radius 1 is 1.47 bits per heavy atom. The van der Waals surface area contributed by atoms with Gasteiger partial charge in [0, 0.05) is 23.1 Å². The van der Waals surface area contributed by atoms with Gasteiger partial charge in [0.05, 0.1) is 13.2 Å². The van der Waals surface area contributed by atoms with Gasteiger partial charge < -0.3 is 9.47 Å². The average molecular weight is 275 g/mol. The maximum absolute atomic E-state index is 13.0. The molecule has 0 aliphatic carbocycles. The van der Waals surface area contributed by atoms with Gasteiger partial charge in [0.2, 0.25) is 0 Å². The van der Waals surface area contributed by atoms with Gasteiger partial charge >= 0.3 is 0 Å². The Labute approximate surface area is 96.5 Å². The van der Waals surface area contributed by atoms with Crippen molar-refractivity contribution in [2.24, 2.45) is 5.92 Å². The average Bonchev–Trinajstić information content (AvgIpc) is 2.65. The van der Waals surface area contributed by atoms with Crippen LogP contribution in [0.5, 0.6) is 5.75 Å². The van der Waals surface area contributed by atoms with Gasteiger partial charge in [-0.15, -0.1) is 0 Å². The summed E-state index contributed by atoms with van der Waals surface area (Å²) in [5, 5.41) is 0. The number of ether oxygens (including phenoxy) is 2. The minimum atomic E-state index is -0.290. The van der Waals surface area contributed by atoms with Crippen molar-refractivity contribution in [2.75, 3.05) is 19.8 Å². The van der Waals surface area contributed by atoms with Gasteiger partial charge in [0.1, 0.15) is 11.6 Å². The zero-order valence-corrected chi connectivity index (χ0v) is 9.80. The van der Waals surface area contributed by atoms with Crippen molar-refractivity contribution in [2.45, 2.75) is 6.42 Å². The second kappa shape index (κ2) is 4.94. The van der Waals surface area contributed by atoms with Crippen LogP contribution in [0.3, 0.4) is 0 Å². The topological polar surface area (TPSA) is 18.5 Å². The summed E-state index contributed by atoms with van der Waals surface area (Å²) in [5.41, 5.74) is 0. The van der Waals surface area contributed by atoms with Crippen molar-refractivity contribution < 1.29 is 13.9 Å². The van der Waals surface area contributed by atoms with Crippen LogP contribution in [0.2, 0.25) is 0 Å². The maximum atomic E-state index is 13.0. The first-order chi connectivity index (χ1) is 7.24. The first-order valence-electron chi connectivity index (χ1n) is 4.90. The Morgan fingerprint density at radius 2 is 2.33 bits per heavy atom. The Morgan fingerprint density at radius 3 is 3.00 bits per heavy atom. The molecule has 0 saturated carbocycles. The molecule has 1 aliphatic heterocycles. The summed E-state index contributed by atoms with van der Waals surface area (Å²) >= 11 is 3.22. The van der Waals surface area contributed by atoms with E-state index < -0.39 is 0 Å². The van der Waals surface area contributed by atoms with Crippen molar-refractivity contribution in [3.8, 4) is 5.75 Å². The van der Waals surface area contributed by atoms with Crippen LogP contribution in [0.1, 0.15) is 6.42 Å². The highest BCUT2D eigenvalue weighted by Crippen LogP contribution is 2.22. The van der Waals surface area contributed by atoms with E-state index in [0.29, 0.717) is 22.7 Å². The lowest BCUT2D eigenvalue weighted by atomic mass is 10.1. The third-order valence-electron chi connectivity index (χ3n) is 2.35. The third-order valence-corrected chi connectivity index (χ3v) is 2.80. The summed E-state index contributed by atoms with van der Waals surface area (Å²) in [7, 11) is 0. The molecule has 0 spiro atoms. The van der Waals surface area contributed by atoms with E-state index in [1.54, 1.807) is 6.07 Å². The smallest absolute Gasteiger partial charge is 0.128 e. The second-order valence-corrected chi connectivity index (χ2v) is 4.56. The van der Waals surface area contributed by atoms with Crippen molar-refractivity contribution in [3.05, 3.63) is 28.5 Å². The molecule has 1 unspecified atom stereocenters. The number of benzene rings is 1. The van der Waals surface area contributed by atoms with Crippen LogP contribution in [-0.4, -0.2) is 19.8 Å². The Hall–Kier alpha value is -0.610. The highest BCUT2D eigenvalue weighted by Gasteiger charge is 2.16. The van der Waals surface area contributed by atoms with Crippen molar-refractivity contribution >= 4 is 15.9 Å². The molecule has 1 aromatic carbocycles. The molecule has 0 bridgehead atoms. The highest BCUT2D eigenvalue weighted by atomic mass is 79.9. The fraction of sp³-hybridized carbons (Fsp3) is 0.455. The summed E-state index contributed by atoms with van der Waals surface area (Å²) in [6.45, 7) is 2.15. The summed E-state index contributed by atoms with van der Waals surface area (Å²) in [6.07, 6.45) is 1.02. The van der Waals surface area contributed by atoms with Gasteiger partial charge in [-0.2, -0.15) is 0 Å². The van der Waals surface area contributed by atoms with Crippen LogP contribution in [0.4, 0.5) is 4.39 Å². The molecule has 1 heterocycles. The zero-order valence-electron chi connectivity index (χ0n) is 8.21. The van der Waals surface area contributed by atoms with Crippen LogP contribution in [0.15, 0.2) is 22.7 Å². The molecular formula is C11H12BrFO2. The van der Waals surface area contributed by atoms with E-state index in [0.717, 1.165) is 19.6 Å². The number of hydrogen-bond donors (Lipinski definition) is 0. The summed E-state index contributed by atoms with van der Waals surface area (Å²) < 4.78 is 24.4. The lowest BCUT2D eigenvalue weighted by Crippen LogP contribution is -2.11. The zero-order chi connectivity index (χ0) is 10.7. The van der Waals surface area contributed by atoms with Crippen molar-refractivity contribution in [3.63, 3.8) is 0 Å². The van der Waals surface area contributed by atoms with E-state index in [1.807, 2.05) is 0 Å².